The van der Waals surface area contributed by atoms with Gasteiger partial charge in [0.1, 0.15) is 12.3 Å². The first-order valence-corrected chi connectivity index (χ1v) is 11.4. The summed E-state index contributed by atoms with van der Waals surface area (Å²) in [5, 5.41) is 3.02. The van der Waals surface area contributed by atoms with Crippen molar-refractivity contribution in [2.75, 3.05) is 31.2 Å². The van der Waals surface area contributed by atoms with Crippen LogP contribution in [0.25, 0.3) is 0 Å². The van der Waals surface area contributed by atoms with Gasteiger partial charge in [0.2, 0.25) is 5.91 Å². The van der Waals surface area contributed by atoms with Gasteiger partial charge in [-0.05, 0) is 73.8 Å². The topological polar surface area (TPSA) is 84.9 Å². The van der Waals surface area contributed by atoms with Crippen LogP contribution in [0.1, 0.15) is 44.9 Å². The Bertz CT molecular complexity index is 847. The zero-order valence-electron chi connectivity index (χ0n) is 17.8. The Morgan fingerprint density at radius 2 is 1.77 bits per heavy atom. The molecule has 4 saturated carbocycles. The Morgan fingerprint density at radius 3 is 2.48 bits per heavy atom. The highest BCUT2D eigenvalue weighted by Gasteiger charge is 2.50. The fraction of sp³-hybridized carbons (Fsp3) is 0.625. The van der Waals surface area contributed by atoms with Gasteiger partial charge in [0.05, 0.1) is 18.7 Å². The number of carbonyl (C=O) groups is 3. The van der Waals surface area contributed by atoms with E-state index in [0.717, 1.165) is 17.8 Å². The van der Waals surface area contributed by atoms with Gasteiger partial charge in [-0.3, -0.25) is 19.3 Å². The van der Waals surface area contributed by atoms with E-state index in [2.05, 4.69) is 5.32 Å². The van der Waals surface area contributed by atoms with Crippen LogP contribution < -0.4 is 15.0 Å². The minimum Gasteiger partial charge on any atom is -0.491 e. The maximum atomic E-state index is 12.4. The van der Waals surface area contributed by atoms with Crippen LogP contribution in [-0.2, 0) is 19.1 Å². The van der Waals surface area contributed by atoms with Gasteiger partial charge in [-0.1, -0.05) is 12.1 Å². The average Bonchev–Trinajstić information content (AvgIpc) is 2.89. The molecular formula is C24H30N2O5. The minimum absolute atomic E-state index is 0.188. The van der Waals surface area contributed by atoms with Crippen molar-refractivity contribution in [3.8, 4) is 5.75 Å². The second-order valence-corrected chi connectivity index (χ2v) is 9.90. The van der Waals surface area contributed by atoms with Crippen LogP contribution in [0, 0.1) is 23.2 Å². The smallest absolute Gasteiger partial charge is 0.326 e. The first kappa shape index (κ1) is 20.3. The molecule has 1 aromatic carbocycles. The van der Waals surface area contributed by atoms with Crippen LogP contribution in [0.3, 0.4) is 0 Å². The number of nitrogens with zero attached hydrogens (tertiary/aromatic N) is 1. The van der Waals surface area contributed by atoms with Crippen LogP contribution in [0.15, 0.2) is 24.3 Å². The van der Waals surface area contributed by atoms with Crippen molar-refractivity contribution < 1.29 is 23.9 Å². The molecule has 5 aliphatic rings. The van der Waals surface area contributed by atoms with Gasteiger partial charge >= 0.3 is 5.97 Å². The highest BCUT2D eigenvalue weighted by atomic mass is 16.5. The molecule has 7 heteroatoms. The average molecular weight is 427 g/mol. The first-order chi connectivity index (χ1) is 15.0. The third-order valence-electron chi connectivity index (χ3n) is 7.51. The molecule has 0 saturated heterocycles. The number of fused-ring (bicyclic) bond motifs is 1. The number of anilines is 1. The standard InChI is InChI=1S/C24H30N2O5/c27-21(25-15-24-10-16-7-17(11-24)9-18(8-16)12-24)14-31-23(29)13-26-19-3-1-2-4-20(19)30-6-5-22(26)28/h1-4,16-18H,5-15H2,(H,25,27). The molecule has 0 atom stereocenters. The summed E-state index contributed by atoms with van der Waals surface area (Å²) in [5.74, 6) is 1.99. The van der Waals surface area contributed by atoms with Gasteiger partial charge in [0.25, 0.3) is 5.91 Å². The summed E-state index contributed by atoms with van der Waals surface area (Å²) in [6.07, 6.45) is 7.96. The molecule has 2 amide bonds. The number of hydrogen-bond acceptors (Lipinski definition) is 5. The summed E-state index contributed by atoms with van der Waals surface area (Å²) < 4.78 is 10.8. The lowest BCUT2D eigenvalue weighted by Gasteiger charge is -2.56. The molecule has 4 fully saturated rings. The normalized spacial score (nSPS) is 30.9. The molecule has 1 N–H and O–H groups in total. The van der Waals surface area contributed by atoms with E-state index < -0.39 is 5.97 Å². The van der Waals surface area contributed by atoms with Gasteiger partial charge in [0.15, 0.2) is 6.61 Å². The van der Waals surface area contributed by atoms with E-state index in [4.69, 9.17) is 9.47 Å². The van der Waals surface area contributed by atoms with Gasteiger partial charge in [-0.15, -0.1) is 0 Å². The molecule has 7 nitrogen and oxygen atoms in total. The van der Waals surface area contributed by atoms with E-state index in [1.54, 1.807) is 18.2 Å². The van der Waals surface area contributed by atoms with Crippen molar-refractivity contribution in [3.63, 3.8) is 0 Å². The summed E-state index contributed by atoms with van der Waals surface area (Å²) in [4.78, 5) is 38.5. The predicted octanol–water partition coefficient (Wildman–Crippen LogP) is 2.68. The largest absolute Gasteiger partial charge is 0.491 e. The van der Waals surface area contributed by atoms with Gasteiger partial charge < -0.3 is 14.8 Å². The molecule has 0 unspecified atom stereocenters. The maximum absolute atomic E-state index is 12.4. The highest BCUT2D eigenvalue weighted by Crippen LogP contribution is 2.59. The number of amides is 2. The number of benzene rings is 1. The van der Waals surface area contributed by atoms with E-state index in [0.29, 0.717) is 18.0 Å². The zero-order valence-corrected chi connectivity index (χ0v) is 17.8. The van der Waals surface area contributed by atoms with Crippen LogP contribution in [-0.4, -0.2) is 44.1 Å². The van der Waals surface area contributed by atoms with Crippen molar-refractivity contribution in [2.24, 2.45) is 23.2 Å². The van der Waals surface area contributed by atoms with Crippen LogP contribution in [0.4, 0.5) is 5.69 Å². The van der Waals surface area contributed by atoms with Gasteiger partial charge in [-0.25, -0.2) is 0 Å². The lowest BCUT2D eigenvalue weighted by Crippen LogP contribution is -2.51. The Balaban J connectivity index is 1.12. The molecule has 6 rings (SSSR count). The fourth-order valence-electron chi connectivity index (χ4n) is 6.66. The summed E-state index contributed by atoms with van der Waals surface area (Å²) in [7, 11) is 0. The van der Waals surface area contributed by atoms with Crippen LogP contribution >= 0.6 is 0 Å². The van der Waals surface area contributed by atoms with Crippen molar-refractivity contribution in [1.29, 1.82) is 0 Å². The molecule has 1 heterocycles. The van der Waals surface area contributed by atoms with Crippen LogP contribution in [0.2, 0.25) is 0 Å². The monoisotopic (exact) mass is 426 g/mol. The number of ether oxygens (including phenoxy) is 2. The van der Waals surface area contributed by atoms with Crippen molar-refractivity contribution in [3.05, 3.63) is 24.3 Å². The summed E-state index contributed by atoms with van der Waals surface area (Å²) in [6.45, 7) is 0.406. The number of para-hydroxylation sites is 2. The highest BCUT2D eigenvalue weighted by molar-refractivity contribution is 5.99. The van der Waals surface area contributed by atoms with E-state index in [1.165, 1.54) is 43.4 Å². The van der Waals surface area contributed by atoms with Crippen molar-refractivity contribution in [2.45, 2.75) is 44.9 Å². The third-order valence-corrected chi connectivity index (χ3v) is 7.51. The SMILES string of the molecule is O=C(COC(=O)CN1C(=O)CCOc2ccccc21)NCC12CC3CC(CC(C3)C1)C2. The lowest BCUT2D eigenvalue weighted by atomic mass is 9.49. The number of carbonyl (C=O) groups excluding carboxylic acids is 3. The molecular weight excluding hydrogens is 396 g/mol. The quantitative estimate of drug-likeness (QED) is 0.707. The second kappa shape index (κ2) is 8.17. The number of hydrogen-bond donors (Lipinski definition) is 1. The molecule has 4 aliphatic carbocycles. The van der Waals surface area contributed by atoms with E-state index in [-0.39, 0.29) is 43.4 Å². The second-order valence-electron chi connectivity index (χ2n) is 9.90. The molecule has 1 aliphatic heterocycles. The van der Waals surface area contributed by atoms with Gasteiger partial charge in [0, 0.05) is 6.54 Å². The van der Waals surface area contributed by atoms with Crippen LogP contribution in [0.5, 0.6) is 5.75 Å². The Morgan fingerprint density at radius 1 is 1.10 bits per heavy atom. The number of nitrogens with one attached hydrogen (secondary N) is 1. The number of esters is 1. The molecule has 0 aromatic heterocycles. The summed E-state index contributed by atoms with van der Waals surface area (Å²) in [6, 6.07) is 7.12. The minimum atomic E-state index is -0.602. The third kappa shape index (κ3) is 4.27. The first-order valence-electron chi connectivity index (χ1n) is 11.4. The zero-order chi connectivity index (χ0) is 21.4. The maximum Gasteiger partial charge on any atom is 0.326 e. The Kier molecular flexibility index (Phi) is 5.36. The lowest BCUT2D eigenvalue weighted by molar-refractivity contribution is -0.148. The summed E-state index contributed by atoms with van der Waals surface area (Å²) in [5.41, 5.74) is 0.796. The van der Waals surface area contributed by atoms with E-state index in [1.807, 2.05) is 6.07 Å². The van der Waals surface area contributed by atoms with E-state index in [9.17, 15) is 14.4 Å². The van der Waals surface area contributed by atoms with E-state index >= 15 is 0 Å². The van der Waals surface area contributed by atoms with Gasteiger partial charge in [-0.2, -0.15) is 0 Å². The Hall–Kier alpha value is -2.57. The molecule has 0 radical (unpaired) electrons. The fourth-order valence-corrected chi connectivity index (χ4v) is 6.66. The molecule has 31 heavy (non-hydrogen) atoms. The predicted molar refractivity (Wildman–Crippen MR) is 113 cm³/mol. The molecule has 0 spiro atoms. The summed E-state index contributed by atoms with van der Waals surface area (Å²) >= 11 is 0. The molecule has 166 valence electrons. The van der Waals surface area contributed by atoms with Crippen molar-refractivity contribution in [1.82, 2.24) is 5.32 Å². The number of rotatable bonds is 6. The van der Waals surface area contributed by atoms with Crippen molar-refractivity contribution >= 4 is 23.5 Å². The Labute approximate surface area is 182 Å². The molecule has 4 bridgehead atoms. The molecule has 1 aromatic rings.